The number of nitro benzene ring substituents is 1. The Balaban J connectivity index is 1.97. The predicted molar refractivity (Wildman–Crippen MR) is 96.7 cm³/mol. The van der Waals surface area contributed by atoms with E-state index in [1.807, 2.05) is 0 Å². The molecule has 0 saturated carbocycles. The van der Waals surface area contributed by atoms with Crippen molar-refractivity contribution in [2.45, 2.75) is 5.37 Å². The zero-order valence-corrected chi connectivity index (χ0v) is 15.1. The van der Waals surface area contributed by atoms with Gasteiger partial charge in [0.15, 0.2) is 5.75 Å². The average Bonchev–Trinajstić information content (AvgIpc) is 3.16. The van der Waals surface area contributed by atoms with Gasteiger partial charge in [-0.25, -0.2) is 0 Å². The molecule has 2 aromatic carbocycles. The molecule has 27 heavy (non-hydrogen) atoms. The first-order chi connectivity index (χ1) is 12.9. The van der Waals surface area contributed by atoms with Gasteiger partial charge < -0.3 is 19.5 Å². The molecule has 2 aromatic rings. The lowest BCUT2D eigenvalue weighted by Gasteiger charge is -2.25. The summed E-state index contributed by atoms with van der Waals surface area (Å²) in [4.78, 5) is 36.5. The topological polar surface area (TPSA) is 113 Å². The molecule has 8 nitrogen and oxygen atoms in total. The van der Waals surface area contributed by atoms with Crippen LogP contribution in [-0.4, -0.2) is 41.1 Å². The number of nitrogens with zero attached hydrogens (tertiary/aromatic N) is 2. The molecular formula is C18H15N2O6S-. The highest BCUT2D eigenvalue weighted by Gasteiger charge is 2.33. The number of methoxy groups -OCH3 is 1. The van der Waals surface area contributed by atoms with Crippen LogP contribution < -0.4 is 9.84 Å². The molecule has 1 aliphatic heterocycles. The SMILES string of the molecule is COc1ccc([C@H]2SCCN2C(=O)c2ccccc2C(=O)[O-])cc1[N+](=O)[O-]. The van der Waals surface area contributed by atoms with Crippen molar-refractivity contribution in [2.24, 2.45) is 0 Å². The van der Waals surface area contributed by atoms with Crippen molar-refractivity contribution >= 4 is 29.3 Å². The minimum Gasteiger partial charge on any atom is -0.545 e. The molecule has 0 radical (unpaired) electrons. The maximum Gasteiger partial charge on any atom is 0.311 e. The molecule has 0 aromatic heterocycles. The average molecular weight is 387 g/mol. The zero-order chi connectivity index (χ0) is 19.6. The van der Waals surface area contributed by atoms with Gasteiger partial charge in [0.05, 0.1) is 18.0 Å². The highest BCUT2D eigenvalue weighted by Crippen LogP contribution is 2.41. The van der Waals surface area contributed by atoms with Crippen LogP contribution in [0.3, 0.4) is 0 Å². The van der Waals surface area contributed by atoms with Gasteiger partial charge in [0.25, 0.3) is 5.91 Å². The van der Waals surface area contributed by atoms with Crippen LogP contribution in [0.4, 0.5) is 5.69 Å². The second kappa shape index (κ2) is 7.67. The van der Waals surface area contributed by atoms with Crippen molar-refractivity contribution in [3.63, 3.8) is 0 Å². The summed E-state index contributed by atoms with van der Waals surface area (Å²) < 4.78 is 5.01. The van der Waals surface area contributed by atoms with Gasteiger partial charge in [-0.1, -0.05) is 24.3 Å². The van der Waals surface area contributed by atoms with Gasteiger partial charge in [-0.3, -0.25) is 14.9 Å². The Labute approximate surface area is 158 Å². The predicted octanol–water partition coefficient (Wildman–Crippen LogP) is 1.85. The molecule has 3 rings (SSSR count). The lowest BCUT2D eigenvalue weighted by molar-refractivity contribution is -0.385. The van der Waals surface area contributed by atoms with Crippen molar-refractivity contribution in [1.82, 2.24) is 4.90 Å². The van der Waals surface area contributed by atoms with Crippen LogP contribution in [0.5, 0.6) is 5.75 Å². The molecule has 1 aliphatic rings. The zero-order valence-electron chi connectivity index (χ0n) is 14.3. The lowest BCUT2D eigenvalue weighted by atomic mass is 10.1. The molecule has 1 heterocycles. The van der Waals surface area contributed by atoms with Gasteiger partial charge in [0.1, 0.15) is 5.37 Å². The van der Waals surface area contributed by atoms with Crippen molar-refractivity contribution < 1.29 is 24.4 Å². The Bertz CT molecular complexity index is 916. The molecule has 1 fully saturated rings. The molecule has 1 amide bonds. The van der Waals surface area contributed by atoms with E-state index in [0.717, 1.165) is 0 Å². The molecule has 1 saturated heterocycles. The van der Waals surface area contributed by atoms with Crippen molar-refractivity contribution in [1.29, 1.82) is 0 Å². The van der Waals surface area contributed by atoms with Crippen LogP contribution in [0.15, 0.2) is 42.5 Å². The second-order valence-corrected chi connectivity index (χ2v) is 6.93. The van der Waals surface area contributed by atoms with E-state index in [1.165, 1.54) is 54.1 Å². The first kappa shape index (κ1) is 18.7. The Kier molecular flexibility index (Phi) is 5.31. The van der Waals surface area contributed by atoms with Gasteiger partial charge >= 0.3 is 5.69 Å². The normalized spacial score (nSPS) is 16.2. The lowest BCUT2D eigenvalue weighted by Crippen LogP contribution is -2.33. The standard InChI is InChI=1S/C18H16N2O6S/c1-26-15-7-6-11(10-14(15)20(24)25)17-19(8-9-27-17)16(21)12-4-2-3-5-13(12)18(22)23/h2-7,10,17H,8-9H2,1H3,(H,22,23)/p-1/t17-/m1/s1. The number of amides is 1. The van der Waals surface area contributed by atoms with E-state index in [2.05, 4.69) is 0 Å². The Morgan fingerprint density at radius 1 is 1.22 bits per heavy atom. The van der Waals surface area contributed by atoms with Crippen LogP contribution in [-0.2, 0) is 0 Å². The van der Waals surface area contributed by atoms with Crippen LogP contribution >= 0.6 is 11.8 Å². The molecule has 0 spiro atoms. The Morgan fingerprint density at radius 2 is 1.93 bits per heavy atom. The van der Waals surface area contributed by atoms with Gasteiger partial charge in [0, 0.05) is 29.5 Å². The van der Waals surface area contributed by atoms with Crippen LogP contribution in [0.2, 0.25) is 0 Å². The number of carboxylic acid groups (broad SMARTS) is 1. The summed E-state index contributed by atoms with van der Waals surface area (Å²) in [6.45, 7) is 0.398. The summed E-state index contributed by atoms with van der Waals surface area (Å²) in [5, 5.41) is 22.1. The van der Waals surface area contributed by atoms with E-state index in [4.69, 9.17) is 4.74 Å². The number of hydrogen-bond acceptors (Lipinski definition) is 7. The minimum atomic E-state index is -1.43. The summed E-state index contributed by atoms with van der Waals surface area (Å²) in [6.07, 6.45) is 0. The van der Waals surface area contributed by atoms with Crippen molar-refractivity contribution in [3.05, 3.63) is 69.3 Å². The molecule has 0 unspecified atom stereocenters. The van der Waals surface area contributed by atoms with E-state index in [-0.39, 0.29) is 22.6 Å². The molecule has 9 heteroatoms. The fraction of sp³-hybridized carbons (Fsp3) is 0.222. The number of carbonyl (C=O) groups excluding carboxylic acids is 2. The van der Waals surface area contributed by atoms with Crippen LogP contribution in [0, 0.1) is 10.1 Å². The summed E-state index contributed by atoms with van der Waals surface area (Å²) in [5.74, 6) is -1.12. The smallest absolute Gasteiger partial charge is 0.311 e. The third-order valence-corrected chi connectivity index (χ3v) is 5.47. The van der Waals surface area contributed by atoms with Crippen LogP contribution in [0.25, 0.3) is 0 Å². The highest BCUT2D eigenvalue weighted by atomic mass is 32.2. The third-order valence-electron chi connectivity index (χ3n) is 4.21. The minimum absolute atomic E-state index is 0.0352. The number of carbonyl (C=O) groups is 2. The third kappa shape index (κ3) is 3.59. The fourth-order valence-electron chi connectivity index (χ4n) is 2.96. The molecular weight excluding hydrogens is 372 g/mol. The number of rotatable bonds is 5. The Hall–Kier alpha value is -3.07. The number of hydrogen-bond donors (Lipinski definition) is 0. The molecule has 140 valence electrons. The van der Waals surface area contributed by atoms with E-state index in [0.29, 0.717) is 17.9 Å². The largest absolute Gasteiger partial charge is 0.545 e. The van der Waals surface area contributed by atoms with Crippen LogP contribution in [0.1, 0.15) is 31.7 Å². The van der Waals surface area contributed by atoms with Crippen molar-refractivity contribution in [2.75, 3.05) is 19.4 Å². The van der Waals surface area contributed by atoms with E-state index in [1.54, 1.807) is 12.1 Å². The van der Waals surface area contributed by atoms with Gasteiger partial charge in [-0.05, 0) is 17.7 Å². The van der Waals surface area contributed by atoms with E-state index in [9.17, 15) is 24.8 Å². The van der Waals surface area contributed by atoms with E-state index < -0.39 is 22.2 Å². The molecule has 0 bridgehead atoms. The highest BCUT2D eigenvalue weighted by molar-refractivity contribution is 7.99. The number of nitro groups is 1. The first-order valence-electron chi connectivity index (χ1n) is 7.99. The molecule has 1 atom stereocenters. The molecule has 0 N–H and O–H groups in total. The molecule has 0 aliphatic carbocycles. The van der Waals surface area contributed by atoms with E-state index >= 15 is 0 Å². The van der Waals surface area contributed by atoms with Crippen molar-refractivity contribution in [3.8, 4) is 5.75 Å². The summed E-state index contributed by atoms with van der Waals surface area (Å²) in [7, 11) is 1.35. The summed E-state index contributed by atoms with van der Waals surface area (Å²) in [5.41, 5.74) is 0.237. The summed E-state index contributed by atoms with van der Waals surface area (Å²) in [6, 6.07) is 10.4. The number of aromatic carboxylic acids is 1. The number of carboxylic acids is 1. The summed E-state index contributed by atoms with van der Waals surface area (Å²) >= 11 is 1.45. The number of thioether (sulfide) groups is 1. The van der Waals surface area contributed by atoms with Gasteiger partial charge in [-0.2, -0.15) is 0 Å². The maximum absolute atomic E-state index is 13.0. The van der Waals surface area contributed by atoms with Gasteiger partial charge in [-0.15, -0.1) is 11.8 Å². The monoisotopic (exact) mass is 387 g/mol. The number of benzene rings is 2. The second-order valence-electron chi connectivity index (χ2n) is 5.74. The quantitative estimate of drug-likeness (QED) is 0.568. The fourth-order valence-corrected chi connectivity index (χ4v) is 4.21. The maximum atomic E-state index is 13.0. The first-order valence-corrected chi connectivity index (χ1v) is 9.04. The van der Waals surface area contributed by atoms with Gasteiger partial charge in [0.2, 0.25) is 0 Å². The number of ether oxygens (including phenoxy) is 1. The Morgan fingerprint density at radius 3 is 2.56 bits per heavy atom.